The molecular weight excluding hydrogens is 444 g/mol. The second-order valence-corrected chi connectivity index (χ2v) is 11.2. The molecule has 0 radical (unpaired) electrons. The number of aliphatic hydroxyl groups excluding tert-OH is 1. The lowest BCUT2D eigenvalue weighted by Crippen LogP contribution is -2.62. The summed E-state index contributed by atoms with van der Waals surface area (Å²) < 4.78 is 11.9. The number of benzene rings is 1. The summed E-state index contributed by atoms with van der Waals surface area (Å²) in [5.74, 6) is 0.511. The first-order valence-electron chi connectivity index (χ1n) is 13.2. The molecule has 0 bridgehead atoms. The van der Waals surface area contributed by atoms with Gasteiger partial charge in [-0.3, -0.25) is 9.69 Å². The van der Waals surface area contributed by atoms with Crippen LogP contribution in [0.25, 0.3) is 0 Å². The lowest BCUT2D eigenvalue weighted by Gasteiger charge is -2.44. The minimum absolute atomic E-state index is 0.0822. The zero-order valence-corrected chi connectivity index (χ0v) is 21.9. The molecule has 196 valence electrons. The lowest BCUT2D eigenvalue weighted by molar-refractivity contribution is -0.124. The number of nitrogens with one attached hydrogen (secondary N) is 1. The first-order chi connectivity index (χ1) is 16.6. The van der Waals surface area contributed by atoms with Crippen LogP contribution in [0.5, 0.6) is 0 Å². The van der Waals surface area contributed by atoms with Gasteiger partial charge in [-0.05, 0) is 51.5 Å². The van der Waals surface area contributed by atoms with E-state index >= 15 is 0 Å². The predicted octanol–water partition coefficient (Wildman–Crippen LogP) is 4.46. The van der Waals surface area contributed by atoms with Crippen molar-refractivity contribution in [2.45, 2.75) is 109 Å². The fourth-order valence-corrected chi connectivity index (χ4v) is 5.27. The molecule has 4 atom stereocenters. The van der Waals surface area contributed by atoms with Crippen LogP contribution in [0.15, 0.2) is 30.3 Å². The van der Waals surface area contributed by atoms with Crippen molar-refractivity contribution >= 4 is 12.0 Å². The van der Waals surface area contributed by atoms with Crippen molar-refractivity contribution in [1.29, 1.82) is 0 Å². The van der Waals surface area contributed by atoms with Crippen molar-refractivity contribution in [3.63, 3.8) is 0 Å². The number of nitrogens with zero attached hydrogens (tertiary/aromatic N) is 1. The molecule has 4 unspecified atom stereocenters. The highest BCUT2D eigenvalue weighted by Gasteiger charge is 2.41. The smallest absolute Gasteiger partial charge is 0.410 e. The van der Waals surface area contributed by atoms with Crippen LogP contribution in [0.2, 0.25) is 0 Å². The minimum atomic E-state index is -1.01. The molecule has 1 aromatic rings. The first-order valence-corrected chi connectivity index (χ1v) is 13.2. The van der Waals surface area contributed by atoms with Gasteiger partial charge in [0.2, 0.25) is 5.91 Å². The first kappa shape index (κ1) is 27.5. The van der Waals surface area contributed by atoms with Gasteiger partial charge in [0.1, 0.15) is 5.60 Å². The zero-order chi connectivity index (χ0) is 25.4. The van der Waals surface area contributed by atoms with Gasteiger partial charge in [-0.15, -0.1) is 0 Å². The third-order valence-corrected chi connectivity index (χ3v) is 7.05. The summed E-state index contributed by atoms with van der Waals surface area (Å²) in [6.45, 7) is 7.55. The number of aliphatic hydroxyl groups is 1. The Labute approximate surface area is 210 Å². The average molecular weight is 489 g/mol. The van der Waals surface area contributed by atoms with Crippen molar-refractivity contribution in [2.75, 3.05) is 13.2 Å². The highest BCUT2D eigenvalue weighted by Crippen LogP contribution is 2.30. The molecular formula is C28H44N2O5. The standard InChI is InChI=1S/C28H44N2O5/c1-20(31)29-24(17-22-13-9-6-10-14-22)26(32)25-19-34-23(16-15-21-11-7-5-8-12-21)18-30(25)27(33)35-28(2,3)4/h6,9-10,13-14,21,23-26,32H,5,7-8,11-12,15-19H2,1-4H3,(H,29,31). The summed E-state index contributed by atoms with van der Waals surface area (Å²) in [7, 11) is 0. The average Bonchev–Trinajstić information content (AvgIpc) is 2.82. The van der Waals surface area contributed by atoms with Crippen molar-refractivity contribution < 1.29 is 24.2 Å². The molecule has 0 spiro atoms. The topological polar surface area (TPSA) is 88.1 Å². The maximum Gasteiger partial charge on any atom is 0.410 e. The van der Waals surface area contributed by atoms with E-state index in [2.05, 4.69) is 5.32 Å². The molecule has 1 aliphatic heterocycles. The summed E-state index contributed by atoms with van der Waals surface area (Å²) in [4.78, 5) is 26.8. The highest BCUT2D eigenvalue weighted by molar-refractivity contribution is 5.73. The molecule has 7 heteroatoms. The fraction of sp³-hybridized carbons (Fsp3) is 0.714. The summed E-state index contributed by atoms with van der Waals surface area (Å²) >= 11 is 0. The number of amides is 2. The molecule has 2 amide bonds. The minimum Gasteiger partial charge on any atom is -0.444 e. The van der Waals surface area contributed by atoms with E-state index in [4.69, 9.17) is 9.47 Å². The molecule has 1 saturated carbocycles. The molecule has 2 aliphatic rings. The van der Waals surface area contributed by atoms with Crippen LogP contribution in [0.1, 0.15) is 78.2 Å². The number of ether oxygens (including phenoxy) is 2. The molecule has 2 fully saturated rings. The zero-order valence-electron chi connectivity index (χ0n) is 21.9. The molecule has 1 heterocycles. The number of hydrogen-bond acceptors (Lipinski definition) is 5. The van der Waals surface area contributed by atoms with E-state index in [0.717, 1.165) is 24.3 Å². The van der Waals surface area contributed by atoms with Gasteiger partial charge in [-0.25, -0.2) is 4.79 Å². The van der Waals surface area contributed by atoms with Crippen LogP contribution < -0.4 is 5.32 Å². The molecule has 2 N–H and O–H groups in total. The molecule has 1 saturated heterocycles. The lowest BCUT2D eigenvalue weighted by atomic mass is 9.85. The SMILES string of the molecule is CC(=O)NC(Cc1ccccc1)C(O)C1COC(CCC2CCCCC2)CN1C(=O)OC(C)(C)C. The Morgan fingerprint density at radius 3 is 2.46 bits per heavy atom. The molecule has 7 nitrogen and oxygen atoms in total. The monoisotopic (exact) mass is 488 g/mol. The summed E-state index contributed by atoms with van der Waals surface area (Å²) in [5, 5.41) is 14.3. The number of carbonyl (C=O) groups is 2. The van der Waals surface area contributed by atoms with Gasteiger partial charge < -0.3 is 19.9 Å². The van der Waals surface area contributed by atoms with E-state index in [1.807, 2.05) is 51.1 Å². The summed E-state index contributed by atoms with van der Waals surface area (Å²) in [5.41, 5.74) is 0.347. The fourth-order valence-electron chi connectivity index (χ4n) is 5.27. The normalized spacial score (nSPS) is 23.4. The Balaban J connectivity index is 1.73. The number of rotatable bonds is 8. The van der Waals surface area contributed by atoms with Gasteiger partial charge >= 0.3 is 6.09 Å². The van der Waals surface area contributed by atoms with E-state index in [0.29, 0.717) is 13.0 Å². The van der Waals surface area contributed by atoms with Crippen LogP contribution in [0, 0.1) is 5.92 Å². The molecule has 1 aromatic carbocycles. The second-order valence-electron chi connectivity index (χ2n) is 11.2. The number of carbonyl (C=O) groups excluding carboxylic acids is 2. The highest BCUT2D eigenvalue weighted by atomic mass is 16.6. The Morgan fingerprint density at radius 2 is 1.83 bits per heavy atom. The molecule has 0 aromatic heterocycles. The van der Waals surface area contributed by atoms with E-state index in [1.54, 1.807) is 4.90 Å². The Kier molecular flexibility index (Phi) is 9.99. The molecule has 1 aliphatic carbocycles. The third kappa shape index (κ3) is 8.80. The van der Waals surface area contributed by atoms with Crippen molar-refractivity contribution in [1.82, 2.24) is 10.2 Å². The van der Waals surface area contributed by atoms with E-state index in [1.165, 1.54) is 39.0 Å². The van der Waals surface area contributed by atoms with Gasteiger partial charge in [0.15, 0.2) is 0 Å². The summed E-state index contributed by atoms with van der Waals surface area (Å²) in [6.07, 6.45) is 7.41. The van der Waals surface area contributed by atoms with Crippen LogP contribution in [-0.4, -0.2) is 65.1 Å². The van der Waals surface area contributed by atoms with Crippen LogP contribution in [-0.2, 0) is 20.7 Å². The quantitative estimate of drug-likeness (QED) is 0.564. The van der Waals surface area contributed by atoms with Gasteiger partial charge in [0.05, 0.1) is 37.4 Å². The van der Waals surface area contributed by atoms with E-state index in [9.17, 15) is 14.7 Å². The third-order valence-electron chi connectivity index (χ3n) is 7.05. The van der Waals surface area contributed by atoms with Gasteiger partial charge in [-0.2, -0.15) is 0 Å². The van der Waals surface area contributed by atoms with Crippen molar-refractivity contribution in [3.8, 4) is 0 Å². The largest absolute Gasteiger partial charge is 0.444 e. The number of morpholine rings is 1. The summed E-state index contributed by atoms with van der Waals surface area (Å²) in [6, 6.07) is 8.54. The van der Waals surface area contributed by atoms with Gasteiger partial charge in [0.25, 0.3) is 0 Å². The van der Waals surface area contributed by atoms with Gasteiger partial charge in [0, 0.05) is 6.92 Å². The molecule has 3 rings (SSSR count). The Morgan fingerprint density at radius 1 is 1.14 bits per heavy atom. The van der Waals surface area contributed by atoms with Crippen molar-refractivity contribution in [3.05, 3.63) is 35.9 Å². The maximum absolute atomic E-state index is 13.2. The van der Waals surface area contributed by atoms with Crippen LogP contribution >= 0.6 is 0 Å². The Bertz CT molecular complexity index is 803. The maximum atomic E-state index is 13.2. The van der Waals surface area contributed by atoms with Crippen LogP contribution in [0.3, 0.4) is 0 Å². The van der Waals surface area contributed by atoms with E-state index < -0.39 is 29.9 Å². The molecule has 35 heavy (non-hydrogen) atoms. The second kappa shape index (κ2) is 12.7. The number of hydrogen-bond donors (Lipinski definition) is 2. The predicted molar refractivity (Wildman–Crippen MR) is 136 cm³/mol. The van der Waals surface area contributed by atoms with E-state index in [-0.39, 0.29) is 18.6 Å². The van der Waals surface area contributed by atoms with Crippen LogP contribution in [0.4, 0.5) is 4.79 Å². The van der Waals surface area contributed by atoms with Crippen molar-refractivity contribution in [2.24, 2.45) is 5.92 Å². The Hall–Kier alpha value is -2.12. The van der Waals surface area contributed by atoms with Gasteiger partial charge in [-0.1, -0.05) is 62.4 Å².